The van der Waals surface area contributed by atoms with Crippen LogP contribution in [0.3, 0.4) is 0 Å². The number of ether oxygens (including phenoxy) is 1. The van der Waals surface area contributed by atoms with Gasteiger partial charge in [0.1, 0.15) is 0 Å². The Hall–Kier alpha value is -2.44. The van der Waals surface area contributed by atoms with Crippen molar-refractivity contribution in [2.45, 2.75) is 13.8 Å². The smallest absolute Gasteiger partial charge is 0.337 e. The van der Waals surface area contributed by atoms with Crippen molar-refractivity contribution in [1.29, 1.82) is 0 Å². The van der Waals surface area contributed by atoms with Crippen LogP contribution in [0.1, 0.15) is 27.0 Å². The molecule has 1 aliphatic rings. The van der Waals surface area contributed by atoms with Crippen LogP contribution in [0.5, 0.6) is 0 Å². The second kappa shape index (κ2) is 7.43. The van der Waals surface area contributed by atoms with Crippen LogP contribution in [0.25, 0.3) is 6.08 Å². The fraction of sp³-hybridized carbons (Fsp3) is 0.150. The minimum atomic E-state index is -0.391. The first-order chi connectivity index (χ1) is 12.4. The summed E-state index contributed by atoms with van der Waals surface area (Å²) in [6, 6.07) is 12.7. The van der Waals surface area contributed by atoms with Gasteiger partial charge in [-0.1, -0.05) is 42.2 Å². The average Bonchev–Trinajstić information content (AvgIpc) is 2.91. The molecule has 2 aromatic carbocycles. The molecule has 1 fully saturated rings. The Morgan fingerprint density at radius 2 is 1.81 bits per heavy atom. The number of carbonyl (C=O) groups excluding carboxylic acids is 2. The molecule has 2 aromatic rings. The fourth-order valence-corrected chi connectivity index (χ4v) is 3.84. The second-order valence-corrected chi connectivity index (χ2v) is 7.58. The first kappa shape index (κ1) is 18.4. The van der Waals surface area contributed by atoms with E-state index in [0.717, 1.165) is 16.8 Å². The quantitative estimate of drug-likeness (QED) is 0.444. The molecule has 0 aliphatic carbocycles. The van der Waals surface area contributed by atoms with Crippen molar-refractivity contribution in [1.82, 2.24) is 0 Å². The maximum Gasteiger partial charge on any atom is 0.337 e. The van der Waals surface area contributed by atoms with Crippen molar-refractivity contribution in [3.05, 3.63) is 69.6 Å². The molecule has 0 N–H and O–H groups in total. The van der Waals surface area contributed by atoms with Crippen molar-refractivity contribution in [3.8, 4) is 0 Å². The number of esters is 1. The minimum Gasteiger partial charge on any atom is -0.465 e. The number of thiocarbonyl (C=S) groups is 1. The van der Waals surface area contributed by atoms with Gasteiger partial charge in [-0.25, -0.2) is 4.79 Å². The summed E-state index contributed by atoms with van der Waals surface area (Å²) in [5.41, 5.74) is 4.34. The van der Waals surface area contributed by atoms with Gasteiger partial charge >= 0.3 is 5.97 Å². The van der Waals surface area contributed by atoms with Crippen LogP contribution >= 0.6 is 24.0 Å². The summed E-state index contributed by atoms with van der Waals surface area (Å²) in [5, 5.41) is 0. The highest BCUT2D eigenvalue weighted by molar-refractivity contribution is 8.27. The number of methoxy groups -OCH3 is 1. The number of amides is 1. The molecule has 1 saturated heterocycles. The van der Waals surface area contributed by atoms with E-state index in [1.54, 1.807) is 35.2 Å². The number of aryl methyl sites for hydroxylation is 2. The third kappa shape index (κ3) is 3.57. The van der Waals surface area contributed by atoms with Crippen molar-refractivity contribution >= 4 is 51.9 Å². The molecule has 0 saturated carbocycles. The second-order valence-electron chi connectivity index (χ2n) is 5.90. The van der Waals surface area contributed by atoms with Crippen molar-refractivity contribution in [3.63, 3.8) is 0 Å². The van der Waals surface area contributed by atoms with E-state index in [1.165, 1.54) is 24.4 Å². The van der Waals surface area contributed by atoms with Crippen LogP contribution in [0.2, 0.25) is 0 Å². The zero-order valence-electron chi connectivity index (χ0n) is 14.6. The molecular formula is C20H17NO3S2. The summed E-state index contributed by atoms with van der Waals surface area (Å²) in [6.45, 7) is 4.04. The fourth-order valence-electron chi connectivity index (χ4n) is 2.54. The van der Waals surface area contributed by atoms with E-state index in [0.29, 0.717) is 14.8 Å². The molecule has 0 spiro atoms. The van der Waals surface area contributed by atoms with Gasteiger partial charge < -0.3 is 4.74 Å². The van der Waals surface area contributed by atoms with Crippen LogP contribution < -0.4 is 4.90 Å². The minimum absolute atomic E-state index is 0.139. The summed E-state index contributed by atoms with van der Waals surface area (Å²) in [6.07, 6.45) is 1.78. The summed E-state index contributed by atoms with van der Waals surface area (Å²) < 4.78 is 5.20. The molecule has 4 nitrogen and oxygen atoms in total. The molecule has 26 heavy (non-hydrogen) atoms. The molecule has 3 rings (SSSR count). The van der Waals surface area contributed by atoms with E-state index in [9.17, 15) is 9.59 Å². The molecular weight excluding hydrogens is 366 g/mol. The van der Waals surface area contributed by atoms with Gasteiger partial charge in [0.05, 0.1) is 23.3 Å². The summed E-state index contributed by atoms with van der Waals surface area (Å²) in [5.74, 6) is -0.530. The molecule has 1 aliphatic heterocycles. The first-order valence-electron chi connectivity index (χ1n) is 7.94. The average molecular weight is 383 g/mol. The predicted molar refractivity (Wildman–Crippen MR) is 109 cm³/mol. The normalized spacial score (nSPS) is 15.7. The Balaban J connectivity index is 1.87. The predicted octanol–water partition coefficient (Wildman–Crippen LogP) is 4.50. The maximum absolute atomic E-state index is 12.8. The standard InChI is InChI=1S/C20H17NO3S2/c1-12-4-9-16(10-13(12)2)21-18(22)17(26-20(21)25)11-14-5-7-15(8-6-14)19(23)24-3/h4-11H,1-3H3/b17-11-. The van der Waals surface area contributed by atoms with Gasteiger partial charge in [0.25, 0.3) is 5.91 Å². The van der Waals surface area contributed by atoms with E-state index in [4.69, 9.17) is 12.2 Å². The molecule has 1 amide bonds. The van der Waals surface area contributed by atoms with Gasteiger partial charge in [-0.05, 0) is 60.9 Å². The van der Waals surface area contributed by atoms with Crippen LogP contribution in [0, 0.1) is 13.8 Å². The number of hydrogen-bond donors (Lipinski definition) is 0. The highest BCUT2D eigenvalue weighted by atomic mass is 32.2. The number of rotatable bonds is 3. The highest BCUT2D eigenvalue weighted by Gasteiger charge is 2.33. The number of anilines is 1. The summed E-state index contributed by atoms with van der Waals surface area (Å²) in [7, 11) is 1.34. The van der Waals surface area contributed by atoms with Gasteiger partial charge in [-0.3, -0.25) is 9.69 Å². The largest absolute Gasteiger partial charge is 0.465 e. The van der Waals surface area contributed by atoms with E-state index in [-0.39, 0.29) is 5.91 Å². The Morgan fingerprint density at radius 1 is 1.12 bits per heavy atom. The molecule has 0 bridgehead atoms. The van der Waals surface area contributed by atoms with E-state index >= 15 is 0 Å². The molecule has 132 valence electrons. The first-order valence-corrected chi connectivity index (χ1v) is 9.17. The van der Waals surface area contributed by atoms with Gasteiger partial charge in [0.15, 0.2) is 4.32 Å². The van der Waals surface area contributed by atoms with E-state index in [2.05, 4.69) is 4.74 Å². The number of nitrogens with zero attached hydrogens (tertiary/aromatic N) is 1. The third-order valence-corrected chi connectivity index (χ3v) is 5.47. The Kier molecular flexibility index (Phi) is 5.25. The Bertz CT molecular complexity index is 933. The monoisotopic (exact) mass is 383 g/mol. The van der Waals surface area contributed by atoms with E-state index < -0.39 is 5.97 Å². The van der Waals surface area contributed by atoms with Crippen LogP contribution in [-0.2, 0) is 9.53 Å². The lowest BCUT2D eigenvalue weighted by atomic mass is 10.1. The van der Waals surface area contributed by atoms with Crippen molar-refractivity contribution < 1.29 is 14.3 Å². The SMILES string of the molecule is COC(=O)c1ccc(/C=C2\SC(=S)N(c3ccc(C)c(C)c3)C2=O)cc1. The zero-order valence-corrected chi connectivity index (χ0v) is 16.2. The zero-order chi connectivity index (χ0) is 18.8. The Labute approximate surface area is 161 Å². The highest BCUT2D eigenvalue weighted by Crippen LogP contribution is 2.36. The molecule has 0 unspecified atom stereocenters. The third-order valence-electron chi connectivity index (χ3n) is 4.17. The van der Waals surface area contributed by atoms with Crippen molar-refractivity contribution in [2.24, 2.45) is 0 Å². The van der Waals surface area contributed by atoms with Crippen LogP contribution in [0.4, 0.5) is 5.69 Å². The molecule has 0 aromatic heterocycles. The number of carbonyl (C=O) groups is 2. The summed E-state index contributed by atoms with van der Waals surface area (Å²) >= 11 is 6.68. The number of hydrogen-bond acceptors (Lipinski definition) is 5. The lowest BCUT2D eigenvalue weighted by Gasteiger charge is -2.15. The summed E-state index contributed by atoms with van der Waals surface area (Å²) in [4.78, 5) is 26.4. The topological polar surface area (TPSA) is 46.6 Å². The van der Waals surface area contributed by atoms with Gasteiger partial charge in [-0.15, -0.1) is 0 Å². The van der Waals surface area contributed by atoms with Gasteiger partial charge in [0, 0.05) is 0 Å². The lowest BCUT2D eigenvalue weighted by Crippen LogP contribution is -2.27. The molecule has 1 heterocycles. The van der Waals surface area contributed by atoms with E-state index in [1.807, 2.05) is 32.0 Å². The van der Waals surface area contributed by atoms with Crippen LogP contribution in [0.15, 0.2) is 47.4 Å². The van der Waals surface area contributed by atoms with Gasteiger partial charge in [-0.2, -0.15) is 0 Å². The van der Waals surface area contributed by atoms with Crippen molar-refractivity contribution in [2.75, 3.05) is 12.0 Å². The van der Waals surface area contributed by atoms with Crippen LogP contribution in [-0.4, -0.2) is 23.3 Å². The molecule has 0 radical (unpaired) electrons. The lowest BCUT2D eigenvalue weighted by molar-refractivity contribution is -0.113. The Morgan fingerprint density at radius 3 is 2.42 bits per heavy atom. The number of thioether (sulfide) groups is 1. The maximum atomic E-state index is 12.8. The molecule has 0 atom stereocenters. The number of benzene rings is 2. The van der Waals surface area contributed by atoms with Gasteiger partial charge in [0.2, 0.25) is 0 Å². The molecule has 6 heteroatoms.